The third-order valence-electron chi connectivity index (χ3n) is 6.30. The molecule has 0 fully saturated rings. The molecule has 3 atom stereocenters. The van der Waals surface area contributed by atoms with Crippen LogP contribution in [0.15, 0.2) is 0 Å². The van der Waals surface area contributed by atoms with Gasteiger partial charge in [-0.25, -0.2) is 9.59 Å². The summed E-state index contributed by atoms with van der Waals surface area (Å²) in [6, 6.07) is 0. The Bertz CT molecular complexity index is 580. The van der Waals surface area contributed by atoms with Gasteiger partial charge in [0.05, 0.1) is 11.8 Å². The molecule has 0 rings (SSSR count). The van der Waals surface area contributed by atoms with Crippen molar-refractivity contribution in [1.29, 1.82) is 0 Å². The van der Waals surface area contributed by atoms with Gasteiger partial charge in [0.15, 0.2) is 0 Å². The molecule has 0 aromatic carbocycles. The lowest BCUT2D eigenvalue weighted by Gasteiger charge is -2.36. The van der Waals surface area contributed by atoms with E-state index in [1.165, 1.54) is 0 Å². The Kier molecular flexibility index (Phi) is 15.2. The second-order valence-electron chi connectivity index (χ2n) is 11.9. The fourth-order valence-corrected chi connectivity index (χ4v) is 4.20. The fourth-order valence-electron chi connectivity index (χ4n) is 4.20. The molecule has 0 spiro atoms. The predicted molar refractivity (Wildman–Crippen MR) is 137 cm³/mol. The summed E-state index contributed by atoms with van der Waals surface area (Å²) < 4.78 is 0. The van der Waals surface area contributed by atoms with Crippen LogP contribution in [0.5, 0.6) is 0 Å². The van der Waals surface area contributed by atoms with E-state index >= 15 is 0 Å². The Morgan fingerprint density at radius 2 is 1.12 bits per heavy atom. The highest BCUT2D eigenvalue weighted by atomic mass is 17.2. The summed E-state index contributed by atoms with van der Waals surface area (Å²) in [5, 5.41) is 0. The summed E-state index contributed by atoms with van der Waals surface area (Å²) in [5.41, 5.74) is -1.41. The average Bonchev–Trinajstić information content (AvgIpc) is 2.75. The first kappa shape index (κ1) is 32.9. The lowest BCUT2D eigenvalue weighted by atomic mass is 9.79. The van der Waals surface area contributed by atoms with Gasteiger partial charge in [0.25, 0.3) is 0 Å². The van der Waals surface area contributed by atoms with Gasteiger partial charge in [-0.3, -0.25) is 9.78 Å². The van der Waals surface area contributed by atoms with Crippen LogP contribution in [-0.2, 0) is 29.1 Å². The molecule has 6 nitrogen and oxygen atoms in total. The van der Waals surface area contributed by atoms with E-state index in [1.54, 1.807) is 0 Å². The van der Waals surface area contributed by atoms with Crippen molar-refractivity contribution < 1.29 is 29.1 Å². The Hall–Kier alpha value is -1.14. The highest BCUT2D eigenvalue weighted by molar-refractivity contribution is 5.72. The van der Waals surface area contributed by atoms with Crippen LogP contribution in [0.4, 0.5) is 0 Å². The summed E-state index contributed by atoms with van der Waals surface area (Å²) >= 11 is 0. The third kappa shape index (κ3) is 14.3. The van der Waals surface area contributed by atoms with Crippen molar-refractivity contribution in [3.63, 3.8) is 0 Å². The van der Waals surface area contributed by atoms with Crippen LogP contribution in [-0.4, -0.2) is 23.1 Å². The molecular weight excluding hydrogens is 432 g/mol. The number of carbonyl (C=O) groups is 2. The molecule has 0 bridgehead atoms. The second-order valence-corrected chi connectivity index (χ2v) is 11.9. The molecular formula is C28H54O6. The van der Waals surface area contributed by atoms with Gasteiger partial charge in [-0.05, 0) is 71.1 Å². The molecule has 0 aliphatic heterocycles. The zero-order chi connectivity index (χ0) is 26.4. The Morgan fingerprint density at radius 1 is 0.676 bits per heavy atom. The molecule has 0 amide bonds. The summed E-state index contributed by atoms with van der Waals surface area (Å²) in [4.78, 5) is 47.1. The SMILES string of the molecule is CCCCC(CC)C(=O)OOC(C)(C)CCC(C)(CC(C)(C)C)OOC(=O)C(CC)CCCC. The van der Waals surface area contributed by atoms with Gasteiger partial charge in [-0.15, -0.1) is 0 Å². The monoisotopic (exact) mass is 486 g/mol. The zero-order valence-corrected chi connectivity index (χ0v) is 23.9. The molecule has 0 radical (unpaired) electrons. The molecule has 6 heteroatoms. The van der Waals surface area contributed by atoms with Crippen LogP contribution in [0.3, 0.4) is 0 Å². The summed E-state index contributed by atoms with van der Waals surface area (Å²) in [6.07, 6.45) is 9.04. The number of hydrogen-bond acceptors (Lipinski definition) is 6. The largest absolute Gasteiger partial charge is 0.345 e. The van der Waals surface area contributed by atoms with Gasteiger partial charge in [-0.1, -0.05) is 74.1 Å². The summed E-state index contributed by atoms with van der Waals surface area (Å²) in [6.45, 7) is 20.4. The van der Waals surface area contributed by atoms with E-state index in [-0.39, 0.29) is 29.2 Å². The minimum Gasteiger partial charge on any atom is -0.298 e. The van der Waals surface area contributed by atoms with E-state index in [0.29, 0.717) is 19.3 Å². The lowest BCUT2D eigenvalue weighted by Crippen LogP contribution is -2.38. The number of carbonyl (C=O) groups excluding carboxylic acids is 2. The van der Waals surface area contributed by atoms with E-state index in [0.717, 1.165) is 51.4 Å². The van der Waals surface area contributed by atoms with Crippen molar-refractivity contribution in [2.45, 2.75) is 151 Å². The number of rotatable bonds is 18. The minimum absolute atomic E-state index is 0.0291. The first-order chi connectivity index (χ1) is 15.7. The molecule has 0 saturated carbocycles. The number of unbranched alkanes of at least 4 members (excludes halogenated alkanes) is 2. The van der Waals surface area contributed by atoms with Crippen LogP contribution in [0.2, 0.25) is 0 Å². The Balaban J connectivity index is 5.06. The molecule has 0 aliphatic rings. The minimum atomic E-state index is -0.696. The topological polar surface area (TPSA) is 71.1 Å². The first-order valence-electron chi connectivity index (χ1n) is 13.5. The number of hydrogen-bond donors (Lipinski definition) is 0. The van der Waals surface area contributed by atoms with Crippen LogP contribution in [0.25, 0.3) is 0 Å². The summed E-state index contributed by atoms with van der Waals surface area (Å²) in [5.74, 6) is -0.872. The van der Waals surface area contributed by atoms with Gasteiger partial charge in [-0.2, -0.15) is 9.78 Å². The quantitative estimate of drug-likeness (QED) is 0.144. The Morgan fingerprint density at radius 3 is 1.50 bits per heavy atom. The Labute approximate surface area is 209 Å². The van der Waals surface area contributed by atoms with E-state index in [4.69, 9.17) is 19.6 Å². The van der Waals surface area contributed by atoms with Gasteiger partial charge >= 0.3 is 11.9 Å². The maximum atomic E-state index is 12.6. The van der Waals surface area contributed by atoms with Gasteiger partial charge in [0.2, 0.25) is 0 Å². The highest BCUT2D eigenvalue weighted by Crippen LogP contribution is 2.36. The van der Waals surface area contributed by atoms with Crippen LogP contribution in [0.1, 0.15) is 140 Å². The molecule has 0 aliphatic carbocycles. The zero-order valence-electron chi connectivity index (χ0n) is 23.9. The molecule has 0 saturated heterocycles. The molecule has 0 heterocycles. The fraction of sp³-hybridized carbons (Fsp3) is 0.929. The van der Waals surface area contributed by atoms with Crippen LogP contribution >= 0.6 is 0 Å². The third-order valence-corrected chi connectivity index (χ3v) is 6.30. The van der Waals surface area contributed by atoms with E-state index < -0.39 is 11.2 Å². The van der Waals surface area contributed by atoms with E-state index in [9.17, 15) is 9.59 Å². The van der Waals surface area contributed by atoms with Gasteiger partial charge in [0, 0.05) is 0 Å². The summed E-state index contributed by atoms with van der Waals surface area (Å²) in [7, 11) is 0. The van der Waals surface area contributed by atoms with Crippen LogP contribution in [0, 0.1) is 17.3 Å². The molecule has 3 unspecified atom stereocenters. The molecule has 202 valence electrons. The molecule has 0 N–H and O–H groups in total. The standard InChI is InChI=1S/C28H54O6/c1-11-15-17-22(13-3)24(29)31-33-27(8,9)19-20-28(10,21-26(5,6)7)34-32-25(30)23(14-4)18-16-12-2/h22-23H,11-21H2,1-10H3. The maximum Gasteiger partial charge on any atom is 0.345 e. The van der Waals surface area contributed by atoms with Crippen molar-refractivity contribution in [2.24, 2.45) is 17.3 Å². The second kappa shape index (κ2) is 15.8. The van der Waals surface area contributed by atoms with Gasteiger partial charge < -0.3 is 0 Å². The van der Waals surface area contributed by atoms with Crippen molar-refractivity contribution in [3.8, 4) is 0 Å². The maximum absolute atomic E-state index is 12.6. The smallest absolute Gasteiger partial charge is 0.298 e. The molecule has 0 aromatic heterocycles. The normalized spacial score (nSPS) is 15.9. The molecule has 34 heavy (non-hydrogen) atoms. The predicted octanol–water partition coefficient (Wildman–Crippen LogP) is 8.12. The molecule has 0 aromatic rings. The van der Waals surface area contributed by atoms with Crippen molar-refractivity contribution in [1.82, 2.24) is 0 Å². The highest BCUT2D eigenvalue weighted by Gasteiger charge is 2.37. The average molecular weight is 487 g/mol. The first-order valence-corrected chi connectivity index (χ1v) is 13.5. The van der Waals surface area contributed by atoms with Crippen molar-refractivity contribution >= 4 is 11.9 Å². The van der Waals surface area contributed by atoms with Gasteiger partial charge in [0.1, 0.15) is 11.2 Å². The van der Waals surface area contributed by atoms with Crippen molar-refractivity contribution in [2.75, 3.05) is 0 Å². The van der Waals surface area contributed by atoms with E-state index in [1.807, 2.05) is 34.6 Å². The van der Waals surface area contributed by atoms with Crippen molar-refractivity contribution in [3.05, 3.63) is 0 Å². The lowest BCUT2D eigenvalue weighted by molar-refractivity contribution is -0.349. The van der Waals surface area contributed by atoms with Crippen LogP contribution < -0.4 is 0 Å². The van der Waals surface area contributed by atoms with E-state index in [2.05, 4.69) is 34.6 Å².